The maximum atomic E-state index is 13.8. The second-order valence-corrected chi connectivity index (χ2v) is 5.72. The summed E-state index contributed by atoms with van der Waals surface area (Å²) in [5.74, 6) is -0.276. The molecule has 94 valence electrons. The van der Waals surface area contributed by atoms with Crippen molar-refractivity contribution >= 4 is 27.7 Å². The van der Waals surface area contributed by atoms with E-state index in [2.05, 4.69) is 20.9 Å². The Kier molecular flexibility index (Phi) is 4.37. The van der Waals surface area contributed by atoms with E-state index >= 15 is 0 Å². The number of rotatable bonds is 3. The van der Waals surface area contributed by atoms with Crippen LogP contribution in [0, 0.1) is 5.82 Å². The molecule has 0 spiro atoms. The van der Waals surface area contributed by atoms with Crippen molar-refractivity contribution in [1.82, 2.24) is 4.98 Å². The van der Waals surface area contributed by atoms with Gasteiger partial charge in [-0.15, -0.1) is 0 Å². The van der Waals surface area contributed by atoms with Gasteiger partial charge in [-0.3, -0.25) is 0 Å². The molecule has 0 fully saturated rings. The van der Waals surface area contributed by atoms with E-state index in [1.165, 1.54) is 17.8 Å². The van der Waals surface area contributed by atoms with E-state index in [0.717, 1.165) is 14.4 Å². The lowest BCUT2D eigenvalue weighted by molar-refractivity contribution is 0.585. The molecule has 1 aromatic carbocycles. The molecule has 0 amide bonds. The summed E-state index contributed by atoms with van der Waals surface area (Å²) in [5.41, 5.74) is 6.35. The smallest absolute Gasteiger partial charge is 0.129 e. The molecule has 1 heterocycles. The minimum absolute atomic E-state index is 0.276. The Morgan fingerprint density at radius 3 is 2.78 bits per heavy atom. The topological polar surface area (TPSA) is 38.9 Å². The van der Waals surface area contributed by atoms with Gasteiger partial charge in [0.1, 0.15) is 10.8 Å². The molecule has 0 saturated heterocycles. The fourth-order valence-electron chi connectivity index (χ4n) is 1.60. The van der Waals surface area contributed by atoms with Gasteiger partial charge in [0.2, 0.25) is 0 Å². The second-order valence-electron chi connectivity index (χ2n) is 3.83. The van der Waals surface area contributed by atoms with Gasteiger partial charge in [0, 0.05) is 22.7 Å². The van der Waals surface area contributed by atoms with Crippen LogP contribution in [0.2, 0.25) is 0 Å². The Hall–Kier alpha value is -0.910. The average Bonchev–Trinajstić information content (AvgIpc) is 2.31. The number of nitrogens with zero attached hydrogens (tertiary/aromatic N) is 1. The Morgan fingerprint density at radius 1 is 1.33 bits per heavy atom. The third-order valence-corrected chi connectivity index (χ3v) is 4.40. The normalized spacial score (nSPS) is 12.4. The summed E-state index contributed by atoms with van der Waals surface area (Å²) in [7, 11) is 0. The molecule has 2 aromatic rings. The Bertz CT molecular complexity index is 560. The van der Waals surface area contributed by atoms with Crippen LogP contribution in [0.1, 0.15) is 18.5 Å². The zero-order valence-electron chi connectivity index (χ0n) is 9.73. The van der Waals surface area contributed by atoms with E-state index in [0.29, 0.717) is 5.56 Å². The largest absolute Gasteiger partial charge is 0.324 e. The van der Waals surface area contributed by atoms with Gasteiger partial charge in [0.25, 0.3) is 0 Å². The number of hydrogen-bond acceptors (Lipinski definition) is 3. The summed E-state index contributed by atoms with van der Waals surface area (Å²) >= 11 is 4.83. The quantitative estimate of drug-likeness (QED) is 0.920. The predicted molar refractivity (Wildman–Crippen MR) is 75.1 cm³/mol. The highest BCUT2D eigenvalue weighted by Crippen LogP contribution is 2.36. The molecule has 2 N–H and O–H groups in total. The zero-order chi connectivity index (χ0) is 13.1. The minimum atomic E-state index is -0.351. The summed E-state index contributed by atoms with van der Waals surface area (Å²) < 4.78 is 14.7. The lowest BCUT2D eigenvalue weighted by Crippen LogP contribution is -2.09. The Labute approximate surface area is 118 Å². The highest BCUT2D eigenvalue weighted by atomic mass is 79.9. The number of benzene rings is 1. The van der Waals surface area contributed by atoms with E-state index in [4.69, 9.17) is 5.73 Å². The molecule has 0 bridgehead atoms. The van der Waals surface area contributed by atoms with E-state index in [1.54, 1.807) is 19.2 Å². The molecule has 2 nitrogen and oxygen atoms in total. The summed E-state index contributed by atoms with van der Waals surface area (Å²) in [6.45, 7) is 1.77. The van der Waals surface area contributed by atoms with Gasteiger partial charge in [0.15, 0.2) is 0 Å². The molecule has 0 aliphatic carbocycles. The molecule has 18 heavy (non-hydrogen) atoms. The van der Waals surface area contributed by atoms with E-state index < -0.39 is 0 Å². The number of pyridine rings is 1. The third kappa shape index (κ3) is 2.91. The van der Waals surface area contributed by atoms with Crippen LogP contribution < -0.4 is 5.73 Å². The highest BCUT2D eigenvalue weighted by Gasteiger charge is 2.14. The molecule has 1 atom stereocenters. The van der Waals surface area contributed by atoms with Crippen LogP contribution in [-0.4, -0.2) is 4.98 Å². The monoisotopic (exact) mass is 326 g/mol. The number of halogens is 2. The van der Waals surface area contributed by atoms with Crippen molar-refractivity contribution in [2.45, 2.75) is 22.9 Å². The number of hydrogen-bond donors (Lipinski definition) is 1. The first-order valence-corrected chi connectivity index (χ1v) is 7.03. The van der Waals surface area contributed by atoms with Crippen LogP contribution in [-0.2, 0) is 0 Å². The standard InChI is InChI=1S/C13H12BrFN2S/c1-8(16)12-10(15)5-2-6-11(12)18-13-9(14)4-3-7-17-13/h2-8H,16H2,1H3/t8-/m1/s1. The van der Waals surface area contributed by atoms with Crippen molar-refractivity contribution in [2.75, 3.05) is 0 Å². The Morgan fingerprint density at radius 2 is 2.11 bits per heavy atom. The third-order valence-electron chi connectivity index (χ3n) is 2.40. The molecular formula is C13H12BrFN2S. The van der Waals surface area contributed by atoms with Gasteiger partial charge in [-0.05, 0) is 47.1 Å². The second kappa shape index (κ2) is 5.82. The van der Waals surface area contributed by atoms with Crippen molar-refractivity contribution in [3.05, 3.63) is 52.4 Å². The lowest BCUT2D eigenvalue weighted by Gasteiger charge is -2.13. The summed E-state index contributed by atoms with van der Waals surface area (Å²) in [4.78, 5) is 5.05. The molecule has 0 radical (unpaired) electrons. The molecule has 0 aliphatic heterocycles. The van der Waals surface area contributed by atoms with Crippen LogP contribution in [0.5, 0.6) is 0 Å². The van der Waals surface area contributed by atoms with Gasteiger partial charge < -0.3 is 5.73 Å². The fraction of sp³-hybridized carbons (Fsp3) is 0.154. The van der Waals surface area contributed by atoms with E-state index in [-0.39, 0.29) is 11.9 Å². The maximum Gasteiger partial charge on any atom is 0.129 e. The highest BCUT2D eigenvalue weighted by molar-refractivity contribution is 9.10. The summed E-state index contributed by atoms with van der Waals surface area (Å²) in [6, 6.07) is 8.35. The number of nitrogens with two attached hydrogens (primary N) is 1. The summed E-state index contributed by atoms with van der Waals surface area (Å²) in [5, 5.41) is 0.796. The van der Waals surface area contributed by atoms with Crippen LogP contribution in [0.4, 0.5) is 4.39 Å². The van der Waals surface area contributed by atoms with Gasteiger partial charge in [0.05, 0.1) is 4.47 Å². The fourth-order valence-corrected chi connectivity index (χ4v) is 3.12. The van der Waals surface area contributed by atoms with Crippen molar-refractivity contribution in [3.63, 3.8) is 0 Å². The SMILES string of the molecule is C[C@@H](N)c1c(F)cccc1Sc1ncccc1Br. The molecule has 0 aliphatic rings. The van der Waals surface area contributed by atoms with Crippen molar-refractivity contribution in [3.8, 4) is 0 Å². The van der Waals surface area contributed by atoms with E-state index in [9.17, 15) is 4.39 Å². The van der Waals surface area contributed by atoms with Gasteiger partial charge in [-0.1, -0.05) is 17.8 Å². The first-order valence-electron chi connectivity index (χ1n) is 5.42. The van der Waals surface area contributed by atoms with Crippen molar-refractivity contribution in [2.24, 2.45) is 5.73 Å². The lowest BCUT2D eigenvalue weighted by atomic mass is 10.1. The zero-order valence-corrected chi connectivity index (χ0v) is 12.1. The molecule has 0 saturated carbocycles. The molecular weight excluding hydrogens is 315 g/mol. The van der Waals surface area contributed by atoms with Crippen LogP contribution in [0.3, 0.4) is 0 Å². The van der Waals surface area contributed by atoms with Gasteiger partial charge in [-0.25, -0.2) is 9.37 Å². The van der Waals surface area contributed by atoms with Crippen molar-refractivity contribution < 1.29 is 4.39 Å². The average molecular weight is 327 g/mol. The van der Waals surface area contributed by atoms with Crippen LogP contribution >= 0.6 is 27.7 Å². The molecule has 1 aromatic heterocycles. The first kappa shape index (κ1) is 13.5. The van der Waals surface area contributed by atoms with Gasteiger partial charge in [-0.2, -0.15) is 0 Å². The Balaban J connectivity index is 2.41. The minimum Gasteiger partial charge on any atom is -0.324 e. The predicted octanol–water partition coefficient (Wildman–Crippen LogP) is 4.15. The first-order chi connectivity index (χ1) is 8.59. The van der Waals surface area contributed by atoms with Gasteiger partial charge >= 0.3 is 0 Å². The molecule has 0 unspecified atom stereocenters. The summed E-state index contributed by atoms with van der Waals surface area (Å²) in [6.07, 6.45) is 1.71. The van der Waals surface area contributed by atoms with E-state index in [1.807, 2.05) is 18.2 Å². The van der Waals surface area contributed by atoms with Crippen LogP contribution in [0.15, 0.2) is 50.9 Å². The van der Waals surface area contributed by atoms with Crippen LogP contribution in [0.25, 0.3) is 0 Å². The van der Waals surface area contributed by atoms with Crippen molar-refractivity contribution in [1.29, 1.82) is 0 Å². The maximum absolute atomic E-state index is 13.8. The number of aromatic nitrogens is 1. The molecule has 2 rings (SSSR count). The molecule has 5 heteroatoms.